The molecule has 0 aromatic heterocycles. The molecule has 1 aliphatic rings. The van der Waals surface area contributed by atoms with Crippen LogP contribution >= 0.6 is 0 Å². The summed E-state index contributed by atoms with van der Waals surface area (Å²) in [6.07, 6.45) is 2.02. The summed E-state index contributed by atoms with van der Waals surface area (Å²) in [6, 6.07) is 10.8. The van der Waals surface area contributed by atoms with E-state index in [1.165, 1.54) is 11.6 Å². The summed E-state index contributed by atoms with van der Waals surface area (Å²) in [7, 11) is 0. The first-order valence-corrected chi connectivity index (χ1v) is 6.06. The number of nitrogen functional groups attached to an aromatic ring is 1. The van der Waals surface area contributed by atoms with Gasteiger partial charge in [-0.25, -0.2) is 4.39 Å². The third-order valence-electron chi connectivity index (χ3n) is 3.27. The fourth-order valence-electron chi connectivity index (χ4n) is 2.32. The molecule has 0 fully saturated rings. The molecule has 92 valence electrons. The molecule has 0 amide bonds. The van der Waals surface area contributed by atoms with Gasteiger partial charge in [-0.15, -0.1) is 0 Å². The predicted molar refractivity (Wildman–Crippen MR) is 70.1 cm³/mol. The van der Waals surface area contributed by atoms with Gasteiger partial charge in [0.25, 0.3) is 0 Å². The van der Waals surface area contributed by atoms with E-state index < -0.39 is 0 Å². The van der Waals surface area contributed by atoms with E-state index in [-0.39, 0.29) is 11.5 Å². The highest BCUT2D eigenvalue weighted by Crippen LogP contribution is 2.33. The molecule has 1 heterocycles. The summed E-state index contributed by atoms with van der Waals surface area (Å²) < 4.78 is 19.0. The largest absolute Gasteiger partial charge is 0.493 e. The molecule has 2 N–H and O–H groups in total. The third kappa shape index (κ3) is 1.82. The minimum Gasteiger partial charge on any atom is -0.493 e. The molecule has 0 saturated carbocycles. The first kappa shape index (κ1) is 11.1. The molecule has 0 spiro atoms. The summed E-state index contributed by atoms with van der Waals surface area (Å²) in [5.41, 5.74) is 8.84. The van der Waals surface area contributed by atoms with E-state index in [4.69, 9.17) is 10.5 Å². The Kier molecular flexibility index (Phi) is 2.67. The van der Waals surface area contributed by atoms with Crippen LogP contribution in [-0.4, -0.2) is 6.61 Å². The van der Waals surface area contributed by atoms with E-state index in [1.54, 1.807) is 6.07 Å². The molecular formula is C15H14FNO. The Labute approximate surface area is 105 Å². The Balaban J connectivity index is 2.09. The average Bonchev–Trinajstić information content (AvgIpc) is 2.41. The number of anilines is 1. The minimum atomic E-state index is -0.374. The molecule has 0 radical (unpaired) electrons. The Morgan fingerprint density at radius 1 is 1.17 bits per heavy atom. The molecule has 2 nitrogen and oxygen atoms in total. The van der Waals surface area contributed by atoms with Gasteiger partial charge >= 0.3 is 0 Å². The van der Waals surface area contributed by atoms with Crippen LogP contribution in [0.1, 0.15) is 12.0 Å². The zero-order valence-electron chi connectivity index (χ0n) is 9.95. The first-order valence-electron chi connectivity index (χ1n) is 6.06. The van der Waals surface area contributed by atoms with Crippen molar-refractivity contribution in [2.45, 2.75) is 12.8 Å². The van der Waals surface area contributed by atoms with Gasteiger partial charge in [0, 0.05) is 5.56 Å². The van der Waals surface area contributed by atoms with E-state index in [9.17, 15) is 4.39 Å². The molecule has 3 heteroatoms. The number of para-hydroxylation sites is 1. The van der Waals surface area contributed by atoms with Crippen LogP contribution in [0.25, 0.3) is 11.1 Å². The summed E-state index contributed by atoms with van der Waals surface area (Å²) in [4.78, 5) is 0. The van der Waals surface area contributed by atoms with Gasteiger partial charge in [0.15, 0.2) is 0 Å². The molecule has 0 unspecified atom stereocenters. The zero-order valence-corrected chi connectivity index (χ0v) is 9.95. The van der Waals surface area contributed by atoms with E-state index in [0.29, 0.717) is 0 Å². The van der Waals surface area contributed by atoms with Gasteiger partial charge in [-0.05, 0) is 42.2 Å². The number of benzene rings is 2. The van der Waals surface area contributed by atoms with Crippen molar-refractivity contribution < 1.29 is 9.13 Å². The predicted octanol–water partition coefficient (Wildman–Crippen LogP) is 3.40. The van der Waals surface area contributed by atoms with Crippen LogP contribution in [0.4, 0.5) is 10.1 Å². The van der Waals surface area contributed by atoms with E-state index in [1.807, 2.05) is 24.3 Å². The topological polar surface area (TPSA) is 35.2 Å². The van der Waals surface area contributed by atoms with Gasteiger partial charge in [-0.1, -0.05) is 18.2 Å². The molecule has 2 aromatic carbocycles. The average molecular weight is 243 g/mol. The van der Waals surface area contributed by atoms with Gasteiger partial charge in [0.1, 0.15) is 11.6 Å². The van der Waals surface area contributed by atoms with E-state index in [2.05, 4.69) is 0 Å². The summed E-state index contributed by atoms with van der Waals surface area (Å²) in [5, 5.41) is 0. The summed E-state index contributed by atoms with van der Waals surface area (Å²) in [5.74, 6) is 0.557. The fraction of sp³-hybridized carbons (Fsp3) is 0.200. The lowest BCUT2D eigenvalue weighted by molar-refractivity contribution is 0.288. The van der Waals surface area contributed by atoms with Crippen LogP contribution in [0, 0.1) is 5.82 Å². The van der Waals surface area contributed by atoms with Crippen molar-refractivity contribution in [3.63, 3.8) is 0 Å². The maximum absolute atomic E-state index is 13.5. The van der Waals surface area contributed by atoms with Crippen molar-refractivity contribution in [3.8, 4) is 16.9 Å². The van der Waals surface area contributed by atoms with Crippen molar-refractivity contribution in [2.24, 2.45) is 0 Å². The van der Waals surface area contributed by atoms with Gasteiger partial charge < -0.3 is 10.5 Å². The Morgan fingerprint density at radius 2 is 2.06 bits per heavy atom. The maximum atomic E-state index is 13.5. The quantitative estimate of drug-likeness (QED) is 0.779. The SMILES string of the molecule is Nc1c(F)cccc1-c1ccc2c(c1)CCCO2. The highest BCUT2D eigenvalue weighted by atomic mass is 19.1. The number of rotatable bonds is 1. The van der Waals surface area contributed by atoms with Crippen LogP contribution in [0.15, 0.2) is 36.4 Å². The molecule has 3 rings (SSSR count). The number of nitrogens with two attached hydrogens (primary N) is 1. The van der Waals surface area contributed by atoms with E-state index >= 15 is 0 Å². The summed E-state index contributed by atoms with van der Waals surface area (Å²) in [6.45, 7) is 0.772. The normalized spacial score (nSPS) is 13.8. The Morgan fingerprint density at radius 3 is 2.94 bits per heavy atom. The van der Waals surface area contributed by atoms with E-state index in [0.717, 1.165) is 36.3 Å². The van der Waals surface area contributed by atoms with Crippen LogP contribution in [0.3, 0.4) is 0 Å². The van der Waals surface area contributed by atoms with Gasteiger partial charge in [0.2, 0.25) is 0 Å². The third-order valence-corrected chi connectivity index (χ3v) is 3.27. The highest BCUT2D eigenvalue weighted by molar-refractivity contribution is 5.77. The lowest BCUT2D eigenvalue weighted by Gasteiger charge is -2.18. The number of halogens is 1. The van der Waals surface area contributed by atoms with Crippen LogP contribution in [0.2, 0.25) is 0 Å². The molecule has 0 atom stereocenters. The van der Waals surface area contributed by atoms with Crippen molar-refractivity contribution in [2.75, 3.05) is 12.3 Å². The van der Waals surface area contributed by atoms with Crippen molar-refractivity contribution in [1.82, 2.24) is 0 Å². The molecule has 2 aromatic rings. The molecule has 18 heavy (non-hydrogen) atoms. The van der Waals surface area contributed by atoms with Crippen molar-refractivity contribution in [1.29, 1.82) is 0 Å². The molecule has 0 aliphatic carbocycles. The number of ether oxygens (including phenoxy) is 1. The van der Waals surface area contributed by atoms with Crippen molar-refractivity contribution >= 4 is 5.69 Å². The monoisotopic (exact) mass is 243 g/mol. The van der Waals surface area contributed by atoms with Gasteiger partial charge in [0.05, 0.1) is 12.3 Å². The number of hydrogen-bond acceptors (Lipinski definition) is 2. The lowest BCUT2D eigenvalue weighted by Crippen LogP contribution is -2.08. The molecular weight excluding hydrogens is 229 g/mol. The Hall–Kier alpha value is -2.03. The highest BCUT2D eigenvalue weighted by Gasteiger charge is 2.13. The molecule has 0 bridgehead atoms. The maximum Gasteiger partial charge on any atom is 0.146 e. The lowest BCUT2D eigenvalue weighted by atomic mass is 9.98. The second-order valence-electron chi connectivity index (χ2n) is 4.48. The zero-order chi connectivity index (χ0) is 12.5. The minimum absolute atomic E-state index is 0.203. The standard InChI is InChI=1S/C15H14FNO/c16-13-5-1-4-12(15(13)17)10-6-7-14-11(9-10)3-2-8-18-14/h1,4-7,9H,2-3,8,17H2. The molecule has 1 aliphatic heterocycles. The first-order chi connectivity index (χ1) is 8.75. The fourth-order valence-corrected chi connectivity index (χ4v) is 2.32. The van der Waals surface area contributed by atoms with Gasteiger partial charge in [-0.2, -0.15) is 0 Å². The molecule has 0 saturated heterocycles. The second-order valence-corrected chi connectivity index (χ2v) is 4.48. The van der Waals surface area contributed by atoms with Crippen LogP contribution in [-0.2, 0) is 6.42 Å². The summed E-state index contributed by atoms with van der Waals surface area (Å²) >= 11 is 0. The van der Waals surface area contributed by atoms with Crippen LogP contribution in [0.5, 0.6) is 5.75 Å². The van der Waals surface area contributed by atoms with Gasteiger partial charge in [-0.3, -0.25) is 0 Å². The Bertz CT molecular complexity index is 595. The smallest absolute Gasteiger partial charge is 0.146 e. The van der Waals surface area contributed by atoms with Crippen molar-refractivity contribution in [3.05, 3.63) is 47.8 Å². The van der Waals surface area contributed by atoms with Crippen LogP contribution < -0.4 is 10.5 Å². The number of hydrogen-bond donors (Lipinski definition) is 1. The number of fused-ring (bicyclic) bond motifs is 1. The second kappa shape index (κ2) is 4.33. The number of aryl methyl sites for hydroxylation is 1.